The summed E-state index contributed by atoms with van der Waals surface area (Å²) in [5.74, 6) is 1.36. The van der Waals surface area contributed by atoms with Crippen molar-refractivity contribution in [1.82, 2.24) is 5.32 Å². The number of thioether (sulfide) groups is 1. The summed E-state index contributed by atoms with van der Waals surface area (Å²) in [5, 5.41) is 5.28. The maximum atomic E-state index is 5.55. The molecule has 0 saturated carbocycles. The van der Waals surface area contributed by atoms with E-state index in [4.69, 9.17) is 4.74 Å². The second kappa shape index (κ2) is 5.41. The summed E-state index contributed by atoms with van der Waals surface area (Å²) in [7, 11) is 0. The number of aliphatic imine (C=N–C) groups is 1. The van der Waals surface area contributed by atoms with Gasteiger partial charge in [0, 0.05) is 24.3 Å². The Labute approximate surface area is 102 Å². The van der Waals surface area contributed by atoms with Gasteiger partial charge in [-0.05, 0) is 19.3 Å². The Morgan fingerprint density at radius 1 is 1.56 bits per heavy atom. The fourth-order valence-electron chi connectivity index (χ4n) is 2.10. The lowest BCUT2D eigenvalue weighted by Gasteiger charge is -2.16. The Morgan fingerprint density at radius 2 is 2.38 bits per heavy atom. The fourth-order valence-corrected chi connectivity index (χ4v) is 3.12. The van der Waals surface area contributed by atoms with Gasteiger partial charge in [-0.2, -0.15) is 0 Å². The first-order valence-electron chi connectivity index (χ1n) is 6.23. The van der Waals surface area contributed by atoms with Gasteiger partial charge in [0.05, 0.1) is 12.6 Å². The molecule has 2 aliphatic heterocycles. The van der Waals surface area contributed by atoms with Crippen LogP contribution in [0.4, 0.5) is 0 Å². The van der Waals surface area contributed by atoms with Crippen LogP contribution in [-0.4, -0.2) is 36.2 Å². The van der Waals surface area contributed by atoms with Crippen LogP contribution in [0.3, 0.4) is 0 Å². The molecule has 2 rings (SSSR count). The van der Waals surface area contributed by atoms with E-state index in [1.54, 1.807) is 0 Å². The maximum absolute atomic E-state index is 5.55. The lowest BCUT2D eigenvalue weighted by molar-refractivity contribution is 0.106. The van der Waals surface area contributed by atoms with Gasteiger partial charge in [-0.15, -0.1) is 0 Å². The van der Waals surface area contributed by atoms with E-state index in [0.29, 0.717) is 23.2 Å². The Morgan fingerprint density at radius 3 is 2.94 bits per heavy atom. The van der Waals surface area contributed by atoms with Gasteiger partial charge in [-0.1, -0.05) is 25.6 Å². The summed E-state index contributed by atoms with van der Waals surface area (Å²) in [5.41, 5.74) is 0. The number of amidine groups is 1. The van der Waals surface area contributed by atoms with E-state index < -0.39 is 0 Å². The monoisotopic (exact) mass is 242 g/mol. The van der Waals surface area contributed by atoms with Gasteiger partial charge in [0.2, 0.25) is 0 Å². The molecule has 0 aromatic rings. The van der Waals surface area contributed by atoms with Crippen molar-refractivity contribution < 1.29 is 4.74 Å². The largest absolute Gasteiger partial charge is 0.378 e. The van der Waals surface area contributed by atoms with Gasteiger partial charge < -0.3 is 10.1 Å². The zero-order valence-corrected chi connectivity index (χ0v) is 11.2. The molecule has 0 aromatic heterocycles. The van der Waals surface area contributed by atoms with E-state index in [2.05, 4.69) is 31.1 Å². The van der Waals surface area contributed by atoms with Gasteiger partial charge in [-0.25, -0.2) is 0 Å². The van der Waals surface area contributed by atoms with Crippen LogP contribution >= 0.6 is 11.8 Å². The minimum atomic E-state index is 0.403. The lowest BCUT2D eigenvalue weighted by atomic mass is 10.0. The van der Waals surface area contributed by atoms with Crippen molar-refractivity contribution in [2.24, 2.45) is 16.8 Å². The Balaban J connectivity index is 1.71. The summed E-state index contributed by atoms with van der Waals surface area (Å²) in [6.45, 7) is 9.60. The van der Waals surface area contributed by atoms with E-state index >= 15 is 0 Å². The summed E-state index contributed by atoms with van der Waals surface area (Å²) in [6.07, 6.45) is 1.58. The van der Waals surface area contributed by atoms with Crippen LogP contribution in [0, 0.1) is 11.8 Å². The fraction of sp³-hybridized carbons (Fsp3) is 0.917. The third-order valence-electron chi connectivity index (χ3n) is 3.47. The highest BCUT2D eigenvalue weighted by Crippen LogP contribution is 2.26. The average molecular weight is 242 g/mol. The molecule has 0 radical (unpaired) electrons. The van der Waals surface area contributed by atoms with E-state index in [0.717, 1.165) is 24.9 Å². The van der Waals surface area contributed by atoms with E-state index in [9.17, 15) is 0 Å². The normalized spacial score (nSPS) is 34.5. The van der Waals surface area contributed by atoms with E-state index in [1.165, 1.54) is 6.42 Å². The van der Waals surface area contributed by atoms with Gasteiger partial charge in [0.25, 0.3) is 0 Å². The van der Waals surface area contributed by atoms with Crippen molar-refractivity contribution in [2.45, 2.75) is 38.5 Å². The quantitative estimate of drug-likeness (QED) is 0.823. The maximum Gasteiger partial charge on any atom is 0.156 e. The molecular formula is C12H22N2OS. The third kappa shape index (κ3) is 2.92. The molecule has 3 nitrogen and oxygen atoms in total. The van der Waals surface area contributed by atoms with Crippen LogP contribution < -0.4 is 5.32 Å². The van der Waals surface area contributed by atoms with Crippen LogP contribution in [-0.2, 0) is 4.74 Å². The number of rotatable bonds is 3. The van der Waals surface area contributed by atoms with Crippen LogP contribution in [0.1, 0.15) is 27.2 Å². The SMILES string of the molecule is CC(C)C1CN=C(NCC2CCOC2C)S1. The number of nitrogens with zero attached hydrogens (tertiary/aromatic N) is 1. The summed E-state index contributed by atoms with van der Waals surface area (Å²) >= 11 is 1.90. The molecule has 1 saturated heterocycles. The molecule has 4 heteroatoms. The number of hydrogen-bond donors (Lipinski definition) is 1. The van der Waals surface area contributed by atoms with E-state index in [-0.39, 0.29) is 0 Å². The average Bonchev–Trinajstić information content (AvgIpc) is 2.83. The molecule has 3 atom stereocenters. The minimum absolute atomic E-state index is 0.403. The predicted octanol–water partition coefficient (Wildman–Crippen LogP) is 2.13. The predicted molar refractivity (Wildman–Crippen MR) is 70.0 cm³/mol. The molecule has 1 fully saturated rings. The highest BCUT2D eigenvalue weighted by Gasteiger charge is 2.26. The molecule has 0 amide bonds. The zero-order valence-electron chi connectivity index (χ0n) is 10.4. The van der Waals surface area contributed by atoms with Crippen LogP contribution in [0.25, 0.3) is 0 Å². The molecule has 3 unspecified atom stereocenters. The van der Waals surface area contributed by atoms with Gasteiger partial charge in [0.15, 0.2) is 5.17 Å². The van der Waals surface area contributed by atoms with Crippen LogP contribution in [0.5, 0.6) is 0 Å². The molecule has 0 aliphatic carbocycles. The molecule has 16 heavy (non-hydrogen) atoms. The molecule has 92 valence electrons. The zero-order chi connectivity index (χ0) is 11.5. The second-order valence-corrected chi connectivity index (χ2v) is 6.28. The molecule has 0 spiro atoms. The van der Waals surface area contributed by atoms with Crippen molar-refractivity contribution in [3.63, 3.8) is 0 Å². The van der Waals surface area contributed by atoms with Crippen LogP contribution in [0.15, 0.2) is 4.99 Å². The second-order valence-electron chi connectivity index (χ2n) is 5.05. The van der Waals surface area contributed by atoms with Crippen LogP contribution in [0.2, 0.25) is 0 Å². The van der Waals surface area contributed by atoms with Crippen molar-refractivity contribution in [2.75, 3.05) is 19.7 Å². The molecular weight excluding hydrogens is 220 g/mol. The third-order valence-corrected chi connectivity index (χ3v) is 4.96. The standard InChI is InChI=1S/C12H22N2OS/c1-8(2)11-7-14-12(16-11)13-6-10-4-5-15-9(10)3/h8-11H,4-7H2,1-3H3,(H,13,14). The lowest BCUT2D eigenvalue weighted by Crippen LogP contribution is -2.30. The topological polar surface area (TPSA) is 33.6 Å². The molecule has 0 bridgehead atoms. The number of hydrogen-bond acceptors (Lipinski definition) is 4. The number of nitrogens with one attached hydrogen (secondary N) is 1. The Kier molecular flexibility index (Phi) is 4.14. The first-order chi connectivity index (χ1) is 7.66. The molecule has 2 heterocycles. The molecule has 2 aliphatic rings. The highest BCUT2D eigenvalue weighted by molar-refractivity contribution is 8.14. The Hall–Kier alpha value is -0.220. The number of ether oxygens (including phenoxy) is 1. The summed E-state index contributed by atoms with van der Waals surface area (Å²) in [4.78, 5) is 4.55. The first-order valence-corrected chi connectivity index (χ1v) is 7.11. The van der Waals surface area contributed by atoms with Crippen molar-refractivity contribution in [3.05, 3.63) is 0 Å². The smallest absolute Gasteiger partial charge is 0.156 e. The van der Waals surface area contributed by atoms with Crippen molar-refractivity contribution in [3.8, 4) is 0 Å². The van der Waals surface area contributed by atoms with E-state index in [1.807, 2.05) is 11.8 Å². The Bertz CT molecular complexity index is 268. The highest BCUT2D eigenvalue weighted by atomic mass is 32.2. The molecule has 1 N–H and O–H groups in total. The first kappa shape index (κ1) is 12.2. The van der Waals surface area contributed by atoms with Crippen molar-refractivity contribution >= 4 is 16.9 Å². The summed E-state index contributed by atoms with van der Waals surface area (Å²) in [6, 6.07) is 0. The minimum Gasteiger partial charge on any atom is -0.378 e. The summed E-state index contributed by atoms with van der Waals surface area (Å²) < 4.78 is 5.55. The van der Waals surface area contributed by atoms with Gasteiger partial charge in [0.1, 0.15) is 0 Å². The van der Waals surface area contributed by atoms with Crippen molar-refractivity contribution in [1.29, 1.82) is 0 Å². The van der Waals surface area contributed by atoms with Gasteiger partial charge in [-0.3, -0.25) is 4.99 Å². The molecule has 0 aromatic carbocycles. The van der Waals surface area contributed by atoms with Gasteiger partial charge >= 0.3 is 0 Å².